The number of thiazole rings is 1. The molecule has 1 aromatic heterocycles. The summed E-state index contributed by atoms with van der Waals surface area (Å²) in [7, 11) is 3.54. The maximum atomic E-state index is 13.8. The van der Waals surface area contributed by atoms with Gasteiger partial charge < -0.3 is 29.9 Å². The van der Waals surface area contributed by atoms with Crippen LogP contribution in [-0.2, 0) is 19.1 Å². The molecule has 2 amide bonds. The van der Waals surface area contributed by atoms with Crippen LogP contribution in [0, 0.1) is 5.41 Å². The van der Waals surface area contributed by atoms with E-state index in [0.717, 1.165) is 55.7 Å². The quantitative estimate of drug-likeness (QED) is 0.415. The number of Topliss-reactive ketones (excluding diaryl/α,β-unsaturated/α-hetero) is 1. The summed E-state index contributed by atoms with van der Waals surface area (Å²) in [5, 5.41) is 9.21. The van der Waals surface area contributed by atoms with E-state index in [1.54, 1.807) is 42.5 Å². The molecule has 43 heavy (non-hydrogen) atoms. The van der Waals surface area contributed by atoms with Crippen molar-refractivity contribution in [1.82, 2.24) is 25.4 Å². The van der Waals surface area contributed by atoms with Crippen LogP contribution in [0.5, 0.6) is 0 Å². The molecule has 3 fully saturated rings. The van der Waals surface area contributed by atoms with Crippen LogP contribution < -0.4 is 15.5 Å². The second kappa shape index (κ2) is 13.4. The van der Waals surface area contributed by atoms with Crippen molar-refractivity contribution in [2.24, 2.45) is 5.41 Å². The maximum Gasteiger partial charge on any atom is 0.251 e. The number of anilines is 1. The average molecular weight is 613 g/mol. The first kappa shape index (κ1) is 31.5. The number of nitrogens with zero attached hydrogens (tertiary/aromatic N) is 4. The summed E-state index contributed by atoms with van der Waals surface area (Å²) in [4.78, 5) is 51.1. The molecule has 4 heterocycles. The van der Waals surface area contributed by atoms with Gasteiger partial charge in [0.2, 0.25) is 5.91 Å². The summed E-state index contributed by atoms with van der Waals surface area (Å²) >= 11 is 1.63. The number of fused-ring (bicyclic) bond motifs is 1. The largest absolute Gasteiger partial charge is 0.383 e. The lowest BCUT2D eigenvalue weighted by molar-refractivity contribution is -0.138. The number of rotatable bonds is 10. The smallest absolute Gasteiger partial charge is 0.251 e. The highest BCUT2D eigenvalue weighted by atomic mass is 32.1. The predicted molar refractivity (Wildman–Crippen MR) is 167 cm³/mol. The summed E-state index contributed by atoms with van der Waals surface area (Å²) in [6.07, 6.45) is 0.0714. The van der Waals surface area contributed by atoms with Crippen LogP contribution in [-0.4, -0.2) is 123 Å². The van der Waals surface area contributed by atoms with E-state index in [0.29, 0.717) is 18.5 Å². The molecule has 3 saturated heterocycles. The van der Waals surface area contributed by atoms with Crippen molar-refractivity contribution in [2.45, 2.75) is 51.4 Å². The van der Waals surface area contributed by atoms with Crippen LogP contribution in [0.2, 0.25) is 0 Å². The van der Waals surface area contributed by atoms with Crippen LogP contribution in [0.4, 0.5) is 5.13 Å². The molecular weight excluding hydrogens is 568 g/mol. The molecular formula is C31H44N6O5S. The fourth-order valence-corrected chi connectivity index (χ4v) is 7.00. The van der Waals surface area contributed by atoms with E-state index in [1.807, 2.05) is 32.9 Å². The monoisotopic (exact) mass is 612 g/mol. The van der Waals surface area contributed by atoms with Crippen LogP contribution in [0.3, 0.4) is 0 Å². The number of hydrogen-bond donors (Lipinski definition) is 2. The Balaban J connectivity index is 1.24. The molecule has 3 aliphatic rings. The maximum absolute atomic E-state index is 13.8. The Morgan fingerprint density at radius 2 is 1.88 bits per heavy atom. The molecule has 2 N–H and O–H groups in total. The van der Waals surface area contributed by atoms with Crippen LogP contribution >= 0.6 is 11.3 Å². The van der Waals surface area contributed by atoms with Gasteiger partial charge in [-0.3, -0.25) is 19.3 Å². The highest BCUT2D eigenvalue weighted by Crippen LogP contribution is 2.31. The summed E-state index contributed by atoms with van der Waals surface area (Å²) < 4.78 is 10.9. The standard InChI is InChI=1S/C31H44N6O5S/c1-31(2,3)16-22(29(40)37-17-23(32-4)27-26(37)25(38)18-42-27)33-28(39)21-8-6-20(7-9-21)24-19-43-30(34-24)36-12-10-35(11-13-36)14-15-41-5/h6-9,19,22-23,26-27,32H,10-18H2,1-5H3,(H,33,39)/t22-,23-,26+,27+/m0/s1. The first-order valence-electron chi connectivity index (χ1n) is 15.0. The van der Waals surface area contributed by atoms with Crippen molar-refractivity contribution >= 4 is 34.1 Å². The molecule has 4 atom stereocenters. The number of likely N-dealkylation sites (tertiary alicyclic amines) is 1. The molecule has 2 aromatic rings. The second-order valence-electron chi connectivity index (χ2n) is 12.8. The van der Waals surface area contributed by atoms with Gasteiger partial charge in [-0.2, -0.15) is 0 Å². The van der Waals surface area contributed by atoms with Gasteiger partial charge in [-0.05, 0) is 31.0 Å². The van der Waals surface area contributed by atoms with E-state index in [1.165, 1.54) is 0 Å². The number of benzene rings is 1. The average Bonchev–Trinajstić information content (AvgIpc) is 3.72. The number of carbonyl (C=O) groups is 3. The van der Waals surface area contributed by atoms with E-state index in [2.05, 4.69) is 25.8 Å². The van der Waals surface area contributed by atoms with Crippen molar-refractivity contribution in [3.63, 3.8) is 0 Å². The molecule has 12 heteroatoms. The van der Waals surface area contributed by atoms with Gasteiger partial charge in [0.15, 0.2) is 10.9 Å². The molecule has 0 aliphatic carbocycles. The van der Waals surface area contributed by atoms with Gasteiger partial charge in [-0.15, -0.1) is 11.3 Å². The number of likely N-dealkylation sites (N-methyl/N-ethyl adjacent to an activating group) is 1. The topological polar surface area (TPSA) is 116 Å². The zero-order valence-corrected chi connectivity index (χ0v) is 26.6. The Morgan fingerprint density at radius 1 is 1.16 bits per heavy atom. The van der Waals surface area contributed by atoms with Crippen LogP contribution in [0.1, 0.15) is 37.6 Å². The number of amides is 2. The molecule has 0 saturated carbocycles. The number of nitrogens with one attached hydrogen (secondary N) is 2. The molecule has 0 radical (unpaired) electrons. The molecule has 11 nitrogen and oxygen atoms in total. The van der Waals surface area contributed by atoms with Crippen molar-refractivity contribution < 1.29 is 23.9 Å². The molecule has 3 aliphatic heterocycles. The highest BCUT2D eigenvalue weighted by Gasteiger charge is 2.53. The van der Waals surface area contributed by atoms with Gasteiger partial charge in [-0.1, -0.05) is 32.9 Å². The minimum atomic E-state index is -0.770. The van der Waals surface area contributed by atoms with Crippen molar-refractivity contribution in [2.75, 3.05) is 71.5 Å². The van der Waals surface area contributed by atoms with Crippen molar-refractivity contribution in [3.05, 3.63) is 35.2 Å². The Bertz CT molecular complexity index is 1290. The van der Waals surface area contributed by atoms with E-state index in [-0.39, 0.29) is 41.8 Å². The SMILES string of the molecule is CN[C@H]1CN(C(=O)[C@H](CC(C)(C)C)NC(=O)c2ccc(-c3csc(N4CCN(CCOC)CC4)n3)cc2)[C@@H]2C(=O)CO[C@H]12. The Morgan fingerprint density at radius 3 is 2.53 bits per heavy atom. The highest BCUT2D eigenvalue weighted by molar-refractivity contribution is 7.14. The van der Waals surface area contributed by atoms with Gasteiger partial charge in [0.1, 0.15) is 24.8 Å². The number of ether oxygens (including phenoxy) is 2. The third-order valence-corrected chi connectivity index (χ3v) is 9.35. The number of hydrogen-bond acceptors (Lipinski definition) is 10. The minimum Gasteiger partial charge on any atom is -0.383 e. The molecule has 1 aromatic carbocycles. The number of piperazine rings is 1. The third-order valence-electron chi connectivity index (χ3n) is 8.45. The van der Waals surface area contributed by atoms with E-state index in [4.69, 9.17) is 14.5 Å². The van der Waals surface area contributed by atoms with Gasteiger partial charge in [-0.25, -0.2) is 4.98 Å². The first-order valence-corrected chi connectivity index (χ1v) is 15.9. The summed E-state index contributed by atoms with van der Waals surface area (Å²) in [5.74, 6) is -0.669. The normalized spacial score (nSPS) is 23.5. The van der Waals surface area contributed by atoms with E-state index in [9.17, 15) is 14.4 Å². The Labute approximate surface area is 257 Å². The number of ketones is 1. The fourth-order valence-electron chi connectivity index (χ4n) is 6.11. The van der Waals surface area contributed by atoms with Crippen LogP contribution in [0.25, 0.3) is 11.3 Å². The van der Waals surface area contributed by atoms with Crippen molar-refractivity contribution in [3.8, 4) is 11.3 Å². The van der Waals surface area contributed by atoms with Gasteiger partial charge >= 0.3 is 0 Å². The zero-order valence-electron chi connectivity index (χ0n) is 25.8. The molecule has 0 spiro atoms. The molecule has 0 bridgehead atoms. The van der Waals surface area contributed by atoms with E-state index < -0.39 is 12.1 Å². The number of carbonyl (C=O) groups excluding carboxylic acids is 3. The minimum absolute atomic E-state index is 0.00589. The van der Waals surface area contributed by atoms with E-state index >= 15 is 0 Å². The second-order valence-corrected chi connectivity index (χ2v) is 13.6. The predicted octanol–water partition coefficient (Wildman–Crippen LogP) is 1.88. The first-order chi connectivity index (χ1) is 20.6. The molecule has 0 unspecified atom stereocenters. The zero-order chi connectivity index (χ0) is 30.7. The van der Waals surface area contributed by atoms with Gasteiger partial charge in [0.25, 0.3) is 5.91 Å². The lowest BCUT2D eigenvalue weighted by Gasteiger charge is -2.34. The molecule has 5 rings (SSSR count). The Hall–Kier alpha value is -2.90. The summed E-state index contributed by atoms with van der Waals surface area (Å²) in [6.45, 7) is 12.0. The summed E-state index contributed by atoms with van der Waals surface area (Å²) in [5.41, 5.74) is 2.04. The van der Waals surface area contributed by atoms with Crippen molar-refractivity contribution in [1.29, 1.82) is 0 Å². The van der Waals surface area contributed by atoms with Gasteiger partial charge in [0, 0.05) is 62.9 Å². The van der Waals surface area contributed by atoms with Crippen LogP contribution in [0.15, 0.2) is 29.6 Å². The summed E-state index contributed by atoms with van der Waals surface area (Å²) in [6, 6.07) is 5.82. The lowest BCUT2D eigenvalue weighted by Crippen LogP contribution is -2.53. The fraction of sp³-hybridized carbons (Fsp3) is 0.613. The lowest BCUT2D eigenvalue weighted by atomic mass is 9.87. The van der Waals surface area contributed by atoms with Gasteiger partial charge in [0.05, 0.1) is 18.3 Å². The number of methoxy groups -OCH3 is 1. The molecule has 234 valence electrons. The Kier molecular flexibility index (Phi) is 9.82. The number of aromatic nitrogens is 1. The third kappa shape index (κ3) is 7.26.